The molecule has 106 valence electrons. The van der Waals surface area contributed by atoms with E-state index in [1.807, 2.05) is 12.1 Å². The van der Waals surface area contributed by atoms with Crippen LogP contribution in [0.4, 0.5) is 0 Å². The molecule has 3 heteroatoms. The predicted molar refractivity (Wildman–Crippen MR) is 78.1 cm³/mol. The quantitative estimate of drug-likeness (QED) is 0.855. The van der Waals surface area contributed by atoms with E-state index in [1.165, 1.54) is 18.4 Å². The molecule has 3 nitrogen and oxygen atoms in total. The van der Waals surface area contributed by atoms with E-state index in [0.29, 0.717) is 17.9 Å². The zero-order valence-electron chi connectivity index (χ0n) is 12.4. The fourth-order valence-electron chi connectivity index (χ4n) is 2.74. The SMILES string of the molecule is COc1ccc(OC)c(C2CCC2CNC(C)C)c1. The van der Waals surface area contributed by atoms with Gasteiger partial charge in [0, 0.05) is 11.6 Å². The van der Waals surface area contributed by atoms with Crippen LogP contribution in [-0.2, 0) is 0 Å². The second kappa shape index (κ2) is 6.29. The molecule has 19 heavy (non-hydrogen) atoms. The van der Waals surface area contributed by atoms with Crippen LogP contribution in [-0.4, -0.2) is 26.8 Å². The van der Waals surface area contributed by atoms with Gasteiger partial charge in [0.15, 0.2) is 0 Å². The third-order valence-corrected chi connectivity index (χ3v) is 4.04. The summed E-state index contributed by atoms with van der Waals surface area (Å²) < 4.78 is 10.8. The van der Waals surface area contributed by atoms with Crippen LogP contribution in [0.5, 0.6) is 11.5 Å². The highest BCUT2D eigenvalue weighted by molar-refractivity contribution is 5.43. The molecule has 2 unspecified atom stereocenters. The fraction of sp³-hybridized carbons (Fsp3) is 0.625. The molecule has 1 aromatic carbocycles. The van der Waals surface area contributed by atoms with Crippen LogP contribution in [0.25, 0.3) is 0 Å². The van der Waals surface area contributed by atoms with Crippen molar-refractivity contribution in [3.63, 3.8) is 0 Å². The Kier molecular flexibility index (Phi) is 4.70. The van der Waals surface area contributed by atoms with Crippen LogP contribution >= 0.6 is 0 Å². The third kappa shape index (κ3) is 3.21. The molecule has 1 aromatic rings. The van der Waals surface area contributed by atoms with Crippen LogP contribution < -0.4 is 14.8 Å². The average Bonchev–Trinajstić information content (AvgIpc) is 2.37. The molecule has 0 radical (unpaired) electrons. The fourth-order valence-corrected chi connectivity index (χ4v) is 2.74. The average molecular weight is 263 g/mol. The smallest absolute Gasteiger partial charge is 0.122 e. The molecular formula is C16H25NO2. The number of hydrogen-bond donors (Lipinski definition) is 1. The first kappa shape index (κ1) is 14.2. The van der Waals surface area contributed by atoms with Crippen molar-refractivity contribution in [1.82, 2.24) is 5.32 Å². The molecule has 0 spiro atoms. The number of nitrogens with one attached hydrogen (secondary N) is 1. The van der Waals surface area contributed by atoms with Crippen molar-refractivity contribution < 1.29 is 9.47 Å². The first-order chi connectivity index (χ1) is 9.15. The van der Waals surface area contributed by atoms with Gasteiger partial charge in [0.1, 0.15) is 11.5 Å². The van der Waals surface area contributed by atoms with Gasteiger partial charge in [-0.2, -0.15) is 0 Å². The Bertz CT molecular complexity index is 417. The maximum atomic E-state index is 5.50. The van der Waals surface area contributed by atoms with E-state index in [0.717, 1.165) is 18.0 Å². The number of rotatable bonds is 6. The normalized spacial score (nSPS) is 22.2. The standard InChI is InChI=1S/C16H25NO2/c1-11(2)17-10-12-5-7-14(12)15-9-13(18-3)6-8-16(15)19-4/h6,8-9,11-12,14,17H,5,7,10H2,1-4H3. The number of hydrogen-bond acceptors (Lipinski definition) is 3. The van der Waals surface area contributed by atoms with Gasteiger partial charge >= 0.3 is 0 Å². The maximum Gasteiger partial charge on any atom is 0.122 e. The van der Waals surface area contributed by atoms with E-state index in [4.69, 9.17) is 9.47 Å². The Balaban J connectivity index is 2.11. The lowest BCUT2D eigenvalue weighted by atomic mass is 9.69. The topological polar surface area (TPSA) is 30.5 Å². The molecule has 0 amide bonds. The summed E-state index contributed by atoms with van der Waals surface area (Å²) in [7, 11) is 3.45. The molecule has 0 heterocycles. The van der Waals surface area contributed by atoms with Gasteiger partial charge in [0.25, 0.3) is 0 Å². The summed E-state index contributed by atoms with van der Waals surface area (Å²) in [5.41, 5.74) is 1.30. The van der Waals surface area contributed by atoms with Gasteiger partial charge in [-0.25, -0.2) is 0 Å². The highest BCUT2D eigenvalue weighted by Gasteiger charge is 2.33. The Morgan fingerprint density at radius 1 is 1.21 bits per heavy atom. The second-order valence-electron chi connectivity index (χ2n) is 5.61. The number of ether oxygens (including phenoxy) is 2. The van der Waals surface area contributed by atoms with Gasteiger partial charge in [-0.15, -0.1) is 0 Å². The van der Waals surface area contributed by atoms with Gasteiger partial charge < -0.3 is 14.8 Å². The summed E-state index contributed by atoms with van der Waals surface area (Å²) in [6.45, 7) is 5.47. The van der Waals surface area contributed by atoms with Gasteiger partial charge in [0.2, 0.25) is 0 Å². The van der Waals surface area contributed by atoms with E-state index in [1.54, 1.807) is 14.2 Å². The van der Waals surface area contributed by atoms with Crippen molar-refractivity contribution in [1.29, 1.82) is 0 Å². The summed E-state index contributed by atoms with van der Waals surface area (Å²) in [5.74, 6) is 3.21. The van der Waals surface area contributed by atoms with Crippen molar-refractivity contribution in [2.24, 2.45) is 5.92 Å². The second-order valence-corrected chi connectivity index (χ2v) is 5.61. The monoisotopic (exact) mass is 263 g/mol. The third-order valence-electron chi connectivity index (χ3n) is 4.04. The van der Waals surface area contributed by atoms with E-state index in [2.05, 4.69) is 25.2 Å². The summed E-state index contributed by atoms with van der Waals surface area (Å²) >= 11 is 0. The Morgan fingerprint density at radius 3 is 2.53 bits per heavy atom. The van der Waals surface area contributed by atoms with Crippen LogP contribution in [0.1, 0.15) is 38.2 Å². The number of methoxy groups -OCH3 is 2. The highest BCUT2D eigenvalue weighted by atomic mass is 16.5. The van der Waals surface area contributed by atoms with Crippen molar-refractivity contribution in [2.75, 3.05) is 20.8 Å². The van der Waals surface area contributed by atoms with Gasteiger partial charge in [0.05, 0.1) is 14.2 Å². The van der Waals surface area contributed by atoms with E-state index in [-0.39, 0.29) is 0 Å². The first-order valence-corrected chi connectivity index (χ1v) is 7.11. The Labute approximate surface area is 116 Å². The lowest BCUT2D eigenvalue weighted by Gasteiger charge is -2.38. The van der Waals surface area contributed by atoms with Crippen LogP contribution in [0, 0.1) is 5.92 Å². The molecular weight excluding hydrogens is 238 g/mol. The maximum absolute atomic E-state index is 5.50. The molecule has 1 aliphatic carbocycles. The van der Waals surface area contributed by atoms with Crippen LogP contribution in [0.2, 0.25) is 0 Å². The summed E-state index contributed by atoms with van der Waals surface area (Å²) in [6.07, 6.45) is 2.54. The first-order valence-electron chi connectivity index (χ1n) is 7.11. The van der Waals surface area contributed by atoms with Crippen molar-refractivity contribution in [3.05, 3.63) is 23.8 Å². The molecule has 1 aliphatic rings. The van der Waals surface area contributed by atoms with Crippen molar-refractivity contribution in [3.8, 4) is 11.5 Å². The molecule has 1 fully saturated rings. The largest absolute Gasteiger partial charge is 0.497 e. The number of benzene rings is 1. The van der Waals surface area contributed by atoms with Crippen LogP contribution in [0.15, 0.2) is 18.2 Å². The predicted octanol–water partition coefficient (Wildman–Crippen LogP) is 3.20. The van der Waals surface area contributed by atoms with Gasteiger partial charge in [-0.1, -0.05) is 13.8 Å². The molecule has 1 saturated carbocycles. The molecule has 1 N–H and O–H groups in total. The molecule has 2 atom stereocenters. The van der Waals surface area contributed by atoms with E-state index < -0.39 is 0 Å². The highest BCUT2D eigenvalue weighted by Crippen LogP contribution is 2.46. The summed E-state index contributed by atoms with van der Waals surface area (Å²) in [4.78, 5) is 0. The minimum absolute atomic E-state index is 0.549. The van der Waals surface area contributed by atoms with Gasteiger partial charge in [-0.3, -0.25) is 0 Å². The lowest BCUT2D eigenvalue weighted by molar-refractivity contribution is 0.234. The Hall–Kier alpha value is -1.22. The van der Waals surface area contributed by atoms with Crippen molar-refractivity contribution in [2.45, 2.75) is 38.6 Å². The molecule has 0 aromatic heterocycles. The zero-order chi connectivity index (χ0) is 13.8. The zero-order valence-corrected chi connectivity index (χ0v) is 12.4. The molecule has 0 saturated heterocycles. The van der Waals surface area contributed by atoms with Crippen LogP contribution in [0.3, 0.4) is 0 Å². The summed E-state index contributed by atoms with van der Waals surface area (Å²) in [5, 5.41) is 3.54. The van der Waals surface area contributed by atoms with E-state index in [9.17, 15) is 0 Å². The molecule has 0 bridgehead atoms. The minimum atomic E-state index is 0.549. The van der Waals surface area contributed by atoms with Gasteiger partial charge in [-0.05, 0) is 49.4 Å². The Morgan fingerprint density at radius 2 is 2.00 bits per heavy atom. The molecule has 2 rings (SSSR count). The van der Waals surface area contributed by atoms with E-state index >= 15 is 0 Å². The molecule has 0 aliphatic heterocycles. The summed E-state index contributed by atoms with van der Waals surface area (Å²) in [6, 6.07) is 6.65. The van der Waals surface area contributed by atoms with Crippen molar-refractivity contribution >= 4 is 0 Å². The minimum Gasteiger partial charge on any atom is -0.497 e. The lowest BCUT2D eigenvalue weighted by Crippen LogP contribution is -2.36.